The van der Waals surface area contributed by atoms with Gasteiger partial charge in [0.1, 0.15) is 30.0 Å². The van der Waals surface area contributed by atoms with Gasteiger partial charge in [-0.05, 0) is 12.1 Å². The molecule has 2 aromatic heterocycles. The first-order chi connectivity index (χ1) is 16.5. The number of benzene rings is 1. The Bertz CT molecular complexity index is 1210. The number of halogens is 1. The molecule has 3 aromatic rings. The first-order valence-corrected chi connectivity index (χ1v) is 11.6. The summed E-state index contributed by atoms with van der Waals surface area (Å²) in [5, 5.41) is 9.34. The van der Waals surface area contributed by atoms with Gasteiger partial charge in [0, 0.05) is 38.6 Å². The molecule has 0 amide bonds. The maximum atomic E-state index is 15.2. The zero-order chi connectivity index (χ0) is 24.8. The number of ether oxygens (including phenoxy) is 1. The number of anilines is 2. The van der Waals surface area contributed by atoms with Gasteiger partial charge in [-0.2, -0.15) is 0 Å². The van der Waals surface area contributed by atoms with Crippen molar-refractivity contribution in [2.75, 3.05) is 42.6 Å². The summed E-state index contributed by atoms with van der Waals surface area (Å²) in [7, 11) is 0. The topological polar surface area (TPSA) is 101 Å². The maximum absolute atomic E-state index is 15.2. The molecule has 1 N–H and O–H groups in total. The van der Waals surface area contributed by atoms with E-state index in [-0.39, 0.29) is 17.6 Å². The number of pyridine rings is 1. The van der Waals surface area contributed by atoms with Gasteiger partial charge in [0.15, 0.2) is 11.6 Å². The summed E-state index contributed by atoms with van der Waals surface area (Å²) in [6.07, 6.45) is 4.49. The van der Waals surface area contributed by atoms with Gasteiger partial charge in [0.25, 0.3) is 0 Å². The number of hydrogen-bond donors (Lipinski definition) is 1. The van der Waals surface area contributed by atoms with E-state index in [1.807, 2.05) is 38.7 Å². The van der Waals surface area contributed by atoms with E-state index in [0.717, 1.165) is 11.9 Å². The first kappa shape index (κ1) is 24.9. The zero-order valence-electron chi connectivity index (χ0n) is 19.9. The average molecular weight is 472 g/mol. The standard InChI is InChI=1S/C20H18FN5O4.2C2H6/c21-14-9-12-16-19(30-8-7-26(16)10-13(18(12)27)20(28)29)17(14)25-5-3-24(4-6-25)15-1-2-22-11-23-15;2*1-2/h1-2,9-11H,3-8H2,(H,28,29);2*1-2H3. The van der Waals surface area contributed by atoms with E-state index < -0.39 is 17.2 Å². The predicted octanol–water partition coefficient (Wildman–Crippen LogP) is 3.40. The molecule has 4 heterocycles. The third kappa shape index (κ3) is 4.52. The van der Waals surface area contributed by atoms with Crippen LogP contribution >= 0.6 is 0 Å². The highest BCUT2D eigenvalue weighted by Crippen LogP contribution is 2.40. The summed E-state index contributed by atoms with van der Waals surface area (Å²) in [5.41, 5.74) is -0.341. The molecule has 182 valence electrons. The summed E-state index contributed by atoms with van der Waals surface area (Å²) in [5.74, 6) is -0.817. The van der Waals surface area contributed by atoms with Crippen molar-refractivity contribution >= 4 is 28.4 Å². The van der Waals surface area contributed by atoms with Gasteiger partial charge in [-0.25, -0.2) is 19.2 Å². The van der Waals surface area contributed by atoms with Crippen molar-refractivity contribution in [2.24, 2.45) is 0 Å². The maximum Gasteiger partial charge on any atom is 0.341 e. The number of rotatable bonds is 3. The highest BCUT2D eigenvalue weighted by Gasteiger charge is 2.29. The molecular formula is C24H30FN5O4. The number of aromatic nitrogens is 3. The van der Waals surface area contributed by atoms with Crippen molar-refractivity contribution < 1.29 is 19.0 Å². The van der Waals surface area contributed by atoms with Crippen LogP contribution in [-0.4, -0.2) is 58.4 Å². The highest BCUT2D eigenvalue weighted by molar-refractivity contribution is 5.97. The minimum Gasteiger partial charge on any atom is -0.487 e. The number of nitrogens with zero attached hydrogens (tertiary/aromatic N) is 5. The molecule has 0 radical (unpaired) electrons. The number of hydrogen-bond acceptors (Lipinski definition) is 7. The second kappa shape index (κ2) is 11.0. The van der Waals surface area contributed by atoms with Crippen molar-refractivity contribution in [3.05, 3.63) is 52.5 Å². The van der Waals surface area contributed by atoms with E-state index in [0.29, 0.717) is 49.7 Å². The first-order valence-electron chi connectivity index (χ1n) is 11.6. The summed E-state index contributed by atoms with van der Waals surface area (Å²) in [6.45, 7) is 11.0. The van der Waals surface area contributed by atoms with Crippen LogP contribution in [0.1, 0.15) is 38.1 Å². The Morgan fingerprint density at radius 1 is 1.09 bits per heavy atom. The Balaban J connectivity index is 0.000000771. The summed E-state index contributed by atoms with van der Waals surface area (Å²) in [6, 6.07) is 2.96. The number of carboxylic acid groups (broad SMARTS) is 1. The van der Waals surface area contributed by atoms with E-state index in [1.165, 1.54) is 12.5 Å². The van der Waals surface area contributed by atoms with Crippen LogP contribution in [0, 0.1) is 5.82 Å². The fraction of sp³-hybridized carbons (Fsp3) is 0.417. The van der Waals surface area contributed by atoms with Crippen LogP contribution in [0.5, 0.6) is 5.75 Å². The van der Waals surface area contributed by atoms with Gasteiger partial charge < -0.3 is 24.2 Å². The second-order valence-corrected chi connectivity index (χ2v) is 7.19. The van der Waals surface area contributed by atoms with E-state index in [2.05, 4.69) is 14.9 Å². The Kier molecular flexibility index (Phi) is 8.04. The fourth-order valence-electron chi connectivity index (χ4n) is 4.12. The lowest BCUT2D eigenvalue weighted by atomic mass is 10.1. The van der Waals surface area contributed by atoms with Crippen LogP contribution in [0.25, 0.3) is 10.9 Å². The van der Waals surface area contributed by atoms with Crippen molar-refractivity contribution in [1.82, 2.24) is 14.5 Å². The molecule has 2 aliphatic heterocycles. The normalized spacial score (nSPS) is 14.4. The van der Waals surface area contributed by atoms with E-state index >= 15 is 4.39 Å². The molecule has 9 nitrogen and oxygen atoms in total. The van der Waals surface area contributed by atoms with Crippen LogP contribution in [0.3, 0.4) is 0 Å². The summed E-state index contributed by atoms with van der Waals surface area (Å²) < 4.78 is 22.7. The predicted molar refractivity (Wildman–Crippen MR) is 130 cm³/mol. The van der Waals surface area contributed by atoms with Crippen LogP contribution < -0.4 is 20.0 Å². The Hall–Kier alpha value is -3.69. The second-order valence-electron chi connectivity index (χ2n) is 7.19. The lowest BCUT2D eigenvalue weighted by Crippen LogP contribution is -2.47. The van der Waals surface area contributed by atoms with Crippen molar-refractivity contribution in [3.8, 4) is 5.75 Å². The molecule has 0 spiro atoms. The number of carboxylic acids is 1. The van der Waals surface area contributed by atoms with Gasteiger partial charge in [-0.1, -0.05) is 27.7 Å². The number of piperazine rings is 1. The van der Waals surface area contributed by atoms with Crippen LogP contribution in [0.4, 0.5) is 15.9 Å². The van der Waals surface area contributed by atoms with E-state index in [9.17, 15) is 14.7 Å². The third-order valence-electron chi connectivity index (χ3n) is 5.54. The third-order valence-corrected chi connectivity index (χ3v) is 5.54. The van der Waals surface area contributed by atoms with Gasteiger partial charge in [-0.15, -0.1) is 0 Å². The van der Waals surface area contributed by atoms with Gasteiger partial charge in [-0.3, -0.25) is 4.79 Å². The SMILES string of the molecule is CC.CC.O=C(O)c1cn2c3c(c(N4CCN(c5ccncn5)CC4)c(F)cc3c1=O)OCC2. The van der Waals surface area contributed by atoms with Crippen molar-refractivity contribution in [1.29, 1.82) is 0 Å². The molecule has 0 unspecified atom stereocenters. The monoisotopic (exact) mass is 471 g/mol. The lowest BCUT2D eigenvalue weighted by Gasteiger charge is -2.38. The molecule has 34 heavy (non-hydrogen) atoms. The lowest BCUT2D eigenvalue weighted by molar-refractivity contribution is 0.0694. The zero-order valence-corrected chi connectivity index (χ0v) is 19.9. The van der Waals surface area contributed by atoms with Crippen molar-refractivity contribution in [2.45, 2.75) is 34.2 Å². The molecule has 5 rings (SSSR count). The van der Waals surface area contributed by atoms with Gasteiger partial charge in [0.05, 0.1) is 17.4 Å². The Morgan fingerprint density at radius 2 is 1.76 bits per heavy atom. The summed E-state index contributed by atoms with van der Waals surface area (Å²) >= 11 is 0. The molecule has 0 bridgehead atoms. The quantitative estimate of drug-likeness (QED) is 0.620. The minimum atomic E-state index is -1.33. The highest BCUT2D eigenvalue weighted by atomic mass is 19.1. The van der Waals surface area contributed by atoms with Gasteiger partial charge >= 0.3 is 5.97 Å². The number of carbonyl (C=O) groups is 1. The Labute approximate surface area is 197 Å². The van der Waals surface area contributed by atoms with E-state index in [1.54, 1.807) is 10.8 Å². The molecule has 1 saturated heterocycles. The van der Waals surface area contributed by atoms with Crippen LogP contribution in [0.2, 0.25) is 0 Å². The Morgan fingerprint density at radius 3 is 2.38 bits per heavy atom. The average Bonchev–Trinajstić information content (AvgIpc) is 2.89. The van der Waals surface area contributed by atoms with Crippen LogP contribution in [0.15, 0.2) is 35.6 Å². The largest absolute Gasteiger partial charge is 0.487 e. The molecule has 1 fully saturated rings. The molecule has 1 aromatic carbocycles. The molecule has 0 atom stereocenters. The van der Waals surface area contributed by atoms with E-state index in [4.69, 9.17) is 4.74 Å². The molecule has 0 saturated carbocycles. The van der Waals surface area contributed by atoms with Crippen LogP contribution in [-0.2, 0) is 6.54 Å². The smallest absolute Gasteiger partial charge is 0.341 e. The van der Waals surface area contributed by atoms with Crippen molar-refractivity contribution in [3.63, 3.8) is 0 Å². The van der Waals surface area contributed by atoms with Gasteiger partial charge in [0.2, 0.25) is 5.43 Å². The summed E-state index contributed by atoms with van der Waals surface area (Å²) in [4.78, 5) is 36.2. The molecule has 0 aliphatic carbocycles. The minimum absolute atomic E-state index is 0.0190. The molecular weight excluding hydrogens is 441 g/mol. The fourth-order valence-corrected chi connectivity index (χ4v) is 4.12. The number of aromatic carboxylic acids is 1. The molecule has 10 heteroatoms. The molecule has 2 aliphatic rings.